The maximum atomic E-state index is 13.0. The van der Waals surface area contributed by atoms with Crippen LogP contribution in [0.3, 0.4) is 0 Å². The molecule has 180 valence electrons. The van der Waals surface area contributed by atoms with E-state index < -0.39 is 10.0 Å². The van der Waals surface area contributed by atoms with Gasteiger partial charge in [-0.1, -0.05) is 17.8 Å². The fraction of sp³-hybridized carbons (Fsp3) is 0.360. The van der Waals surface area contributed by atoms with Crippen LogP contribution in [0, 0.1) is 20.8 Å². The van der Waals surface area contributed by atoms with Gasteiger partial charge in [-0.2, -0.15) is 4.31 Å². The van der Waals surface area contributed by atoms with Crippen LogP contribution >= 0.6 is 11.8 Å². The molecule has 0 aliphatic carbocycles. The van der Waals surface area contributed by atoms with Crippen molar-refractivity contribution in [2.75, 3.05) is 31.6 Å². The minimum atomic E-state index is -3.58. The smallest absolute Gasteiger partial charge is 0.243 e. The summed E-state index contributed by atoms with van der Waals surface area (Å²) in [5.41, 5.74) is 4.69. The summed E-state index contributed by atoms with van der Waals surface area (Å²) in [6, 6.07) is 12.8. The number of anilines is 1. The highest BCUT2D eigenvalue weighted by atomic mass is 32.2. The molecule has 1 atom stereocenters. The Kier molecular flexibility index (Phi) is 7.28. The maximum absolute atomic E-state index is 13.0. The highest BCUT2D eigenvalue weighted by Crippen LogP contribution is 2.29. The summed E-state index contributed by atoms with van der Waals surface area (Å²) >= 11 is 1.38. The maximum Gasteiger partial charge on any atom is 0.243 e. The Hall–Kier alpha value is -2.46. The molecule has 0 spiro atoms. The Morgan fingerprint density at radius 2 is 1.76 bits per heavy atom. The zero-order valence-corrected chi connectivity index (χ0v) is 21.4. The quantitative estimate of drug-likeness (QED) is 0.509. The second-order valence-corrected chi connectivity index (χ2v) is 11.8. The van der Waals surface area contributed by atoms with Gasteiger partial charge in [0.2, 0.25) is 15.9 Å². The third-order valence-electron chi connectivity index (χ3n) is 6.01. The van der Waals surface area contributed by atoms with Crippen molar-refractivity contribution in [1.29, 1.82) is 0 Å². The first kappa shape index (κ1) is 24.7. The summed E-state index contributed by atoms with van der Waals surface area (Å²) in [5, 5.41) is 4.12. The Labute approximate surface area is 205 Å². The fourth-order valence-corrected chi connectivity index (χ4v) is 6.16. The van der Waals surface area contributed by atoms with Gasteiger partial charge in [0.25, 0.3) is 0 Å². The molecule has 4 rings (SSSR count). The minimum Gasteiger partial charge on any atom is -0.379 e. The number of benzene rings is 2. The number of thioether (sulfide) groups is 1. The van der Waals surface area contributed by atoms with Crippen LogP contribution in [-0.2, 0) is 19.6 Å². The normalized spacial score (nSPS) is 15.9. The summed E-state index contributed by atoms with van der Waals surface area (Å²) in [6.07, 6.45) is 0. The lowest BCUT2D eigenvalue weighted by Gasteiger charge is -2.26. The van der Waals surface area contributed by atoms with Gasteiger partial charge in [-0.3, -0.25) is 4.79 Å². The van der Waals surface area contributed by atoms with Gasteiger partial charge >= 0.3 is 0 Å². The molecule has 7 nitrogen and oxygen atoms in total. The summed E-state index contributed by atoms with van der Waals surface area (Å²) in [7, 11) is -3.58. The molecule has 0 bridgehead atoms. The van der Waals surface area contributed by atoms with Crippen LogP contribution in [0.1, 0.15) is 23.6 Å². The van der Waals surface area contributed by atoms with Crippen LogP contribution in [0.2, 0.25) is 0 Å². The Morgan fingerprint density at radius 3 is 2.47 bits per heavy atom. The van der Waals surface area contributed by atoms with Crippen molar-refractivity contribution in [3.05, 3.63) is 59.2 Å². The van der Waals surface area contributed by atoms with Crippen LogP contribution < -0.4 is 5.32 Å². The average molecular weight is 500 g/mol. The number of morpholine rings is 1. The number of ether oxygens (including phenoxy) is 1. The molecule has 34 heavy (non-hydrogen) atoms. The van der Waals surface area contributed by atoms with E-state index in [0.29, 0.717) is 31.8 Å². The van der Waals surface area contributed by atoms with Crippen molar-refractivity contribution < 1.29 is 17.9 Å². The molecule has 1 fully saturated rings. The van der Waals surface area contributed by atoms with Crippen LogP contribution in [0.5, 0.6) is 0 Å². The van der Waals surface area contributed by atoms with E-state index in [9.17, 15) is 13.2 Å². The number of nitrogens with one attached hydrogen (secondary N) is 1. The Balaban J connectivity index is 1.52. The SMILES string of the molecule is Cc1ccc(NC(=O)[C@H](C)Sc2cc(C)c3cc(S(=O)(=O)N4CCOCC4)ccc3n2)cc1C. The molecule has 2 aromatic carbocycles. The van der Waals surface area contributed by atoms with Gasteiger partial charge in [-0.15, -0.1) is 0 Å². The van der Waals surface area contributed by atoms with Gasteiger partial charge in [0.05, 0.1) is 33.9 Å². The van der Waals surface area contributed by atoms with Crippen molar-refractivity contribution in [3.8, 4) is 0 Å². The first-order valence-electron chi connectivity index (χ1n) is 11.2. The lowest BCUT2D eigenvalue weighted by molar-refractivity contribution is -0.115. The molecular weight excluding hydrogens is 470 g/mol. The second kappa shape index (κ2) is 10.0. The van der Waals surface area contributed by atoms with Crippen LogP contribution in [0.4, 0.5) is 5.69 Å². The topological polar surface area (TPSA) is 88.6 Å². The molecule has 0 unspecified atom stereocenters. The first-order chi connectivity index (χ1) is 16.1. The number of fused-ring (bicyclic) bond motifs is 1. The van der Waals surface area contributed by atoms with Crippen molar-refractivity contribution in [2.24, 2.45) is 0 Å². The number of carbonyl (C=O) groups is 1. The van der Waals surface area contributed by atoms with Crippen LogP contribution in [0.25, 0.3) is 10.9 Å². The molecule has 1 aliphatic rings. The molecule has 0 saturated carbocycles. The lowest BCUT2D eigenvalue weighted by atomic mass is 10.1. The number of pyridine rings is 1. The number of aryl methyl sites for hydroxylation is 3. The van der Waals surface area contributed by atoms with Gasteiger partial charge in [-0.25, -0.2) is 13.4 Å². The zero-order chi connectivity index (χ0) is 24.5. The second-order valence-electron chi connectivity index (χ2n) is 8.52. The van der Waals surface area contributed by atoms with E-state index in [4.69, 9.17) is 4.74 Å². The molecule has 1 saturated heterocycles. The largest absolute Gasteiger partial charge is 0.379 e. The van der Waals surface area contributed by atoms with Crippen molar-refractivity contribution in [2.45, 2.75) is 42.9 Å². The van der Waals surface area contributed by atoms with E-state index in [-0.39, 0.29) is 16.1 Å². The molecule has 1 aliphatic heterocycles. The number of amides is 1. The fourth-order valence-electron chi connectivity index (χ4n) is 3.80. The van der Waals surface area contributed by atoms with E-state index in [1.165, 1.54) is 21.6 Å². The predicted molar refractivity (Wildman–Crippen MR) is 136 cm³/mol. The highest BCUT2D eigenvalue weighted by molar-refractivity contribution is 8.00. The van der Waals surface area contributed by atoms with Crippen molar-refractivity contribution in [3.63, 3.8) is 0 Å². The molecule has 9 heteroatoms. The Morgan fingerprint density at radius 1 is 1.03 bits per heavy atom. The molecule has 1 amide bonds. The van der Waals surface area contributed by atoms with Gasteiger partial charge < -0.3 is 10.1 Å². The lowest BCUT2D eigenvalue weighted by Crippen LogP contribution is -2.40. The molecule has 1 aromatic heterocycles. The van der Waals surface area contributed by atoms with Gasteiger partial charge in [0, 0.05) is 24.2 Å². The molecule has 3 aromatic rings. The van der Waals surface area contributed by atoms with Crippen molar-refractivity contribution >= 4 is 44.3 Å². The first-order valence-corrected chi connectivity index (χ1v) is 13.5. The molecule has 0 radical (unpaired) electrons. The van der Waals surface area contributed by atoms with Gasteiger partial charge in [0.15, 0.2) is 0 Å². The van der Waals surface area contributed by atoms with Gasteiger partial charge in [-0.05, 0) is 80.8 Å². The van der Waals surface area contributed by atoms with E-state index in [0.717, 1.165) is 27.2 Å². The number of aromatic nitrogens is 1. The summed E-state index contributed by atoms with van der Waals surface area (Å²) in [5.74, 6) is -0.0974. The molecular formula is C25H29N3O4S2. The van der Waals surface area contributed by atoms with E-state index in [1.54, 1.807) is 18.2 Å². The molecule has 1 N–H and O–H groups in total. The number of hydrogen-bond donors (Lipinski definition) is 1. The van der Waals surface area contributed by atoms with E-state index in [2.05, 4.69) is 10.3 Å². The van der Waals surface area contributed by atoms with Gasteiger partial charge in [0.1, 0.15) is 0 Å². The number of rotatable bonds is 6. The zero-order valence-electron chi connectivity index (χ0n) is 19.8. The predicted octanol–water partition coefficient (Wildman–Crippen LogP) is 4.30. The molecule has 2 heterocycles. The number of sulfonamides is 1. The number of hydrogen-bond acceptors (Lipinski definition) is 6. The summed E-state index contributed by atoms with van der Waals surface area (Å²) in [6.45, 7) is 9.35. The monoisotopic (exact) mass is 499 g/mol. The van der Waals surface area contributed by atoms with Crippen LogP contribution in [-0.4, -0.2) is 55.2 Å². The van der Waals surface area contributed by atoms with Crippen molar-refractivity contribution in [1.82, 2.24) is 9.29 Å². The van der Waals surface area contributed by atoms with E-state index in [1.807, 2.05) is 52.0 Å². The number of nitrogens with zero attached hydrogens (tertiary/aromatic N) is 2. The Bertz CT molecular complexity index is 1340. The summed E-state index contributed by atoms with van der Waals surface area (Å²) in [4.78, 5) is 17.7. The highest BCUT2D eigenvalue weighted by Gasteiger charge is 2.27. The average Bonchev–Trinajstić information content (AvgIpc) is 2.81. The van der Waals surface area contributed by atoms with E-state index >= 15 is 0 Å². The standard InChI is InChI=1S/C25H29N3O4S2/c1-16-5-6-20(13-17(16)2)26-25(29)19(4)33-24-14-18(3)22-15-21(7-8-23(22)27-24)34(30,31)28-9-11-32-12-10-28/h5-8,13-15,19H,9-12H2,1-4H3,(H,26,29)/t19-/m0/s1. The van der Waals surface area contributed by atoms with Crippen LogP contribution in [0.15, 0.2) is 52.4 Å². The number of carbonyl (C=O) groups excluding carboxylic acids is 1. The minimum absolute atomic E-state index is 0.0974. The third kappa shape index (κ3) is 5.27. The summed E-state index contributed by atoms with van der Waals surface area (Å²) < 4.78 is 32.8. The third-order valence-corrected chi connectivity index (χ3v) is 8.93.